The van der Waals surface area contributed by atoms with Crippen LogP contribution in [0.1, 0.15) is 43.6 Å². The highest BCUT2D eigenvalue weighted by molar-refractivity contribution is 5.89. The Balaban J connectivity index is 2.60. The van der Waals surface area contributed by atoms with E-state index in [2.05, 4.69) is 37.7 Å². The van der Waals surface area contributed by atoms with Gasteiger partial charge in [-0.25, -0.2) is 9.18 Å². The second kappa shape index (κ2) is 8.13. The lowest BCUT2D eigenvalue weighted by Gasteiger charge is -2.25. The van der Waals surface area contributed by atoms with Crippen molar-refractivity contribution in [2.45, 2.75) is 34.2 Å². The lowest BCUT2D eigenvalue weighted by Crippen LogP contribution is -2.29. The molecule has 0 spiro atoms. The Bertz CT molecular complexity index is 464. The van der Waals surface area contributed by atoms with Gasteiger partial charge >= 0.3 is 5.97 Å². The predicted molar refractivity (Wildman–Crippen MR) is 82.6 cm³/mol. The molecule has 1 aromatic carbocycles. The van der Waals surface area contributed by atoms with Crippen LogP contribution in [0.5, 0.6) is 0 Å². The van der Waals surface area contributed by atoms with E-state index >= 15 is 0 Å². The molecule has 0 aromatic heterocycles. The molecule has 21 heavy (non-hydrogen) atoms. The SMILES string of the molecule is COC(=O)c1ccc(CNCC(C(C)C)C(C)C)cc1F. The van der Waals surface area contributed by atoms with Crippen LogP contribution in [0.2, 0.25) is 0 Å². The Morgan fingerprint density at radius 3 is 2.33 bits per heavy atom. The molecular weight excluding hydrogens is 269 g/mol. The van der Waals surface area contributed by atoms with Crippen LogP contribution in [0.15, 0.2) is 18.2 Å². The highest BCUT2D eigenvalue weighted by atomic mass is 19.1. The lowest BCUT2D eigenvalue weighted by molar-refractivity contribution is 0.0595. The normalized spacial score (nSPS) is 11.5. The molecule has 3 nitrogen and oxygen atoms in total. The summed E-state index contributed by atoms with van der Waals surface area (Å²) in [6, 6.07) is 4.61. The van der Waals surface area contributed by atoms with Gasteiger partial charge in [-0.3, -0.25) is 0 Å². The van der Waals surface area contributed by atoms with E-state index in [4.69, 9.17) is 0 Å². The Morgan fingerprint density at radius 1 is 1.24 bits per heavy atom. The average Bonchev–Trinajstić information content (AvgIpc) is 2.42. The zero-order valence-corrected chi connectivity index (χ0v) is 13.6. The van der Waals surface area contributed by atoms with Gasteiger partial charge in [-0.15, -0.1) is 0 Å². The van der Waals surface area contributed by atoms with Crippen molar-refractivity contribution in [3.8, 4) is 0 Å². The molecule has 0 aliphatic rings. The number of carbonyl (C=O) groups is 1. The third-order valence-corrected chi connectivity index (χ3v) is 3.86. The quantitative estimate of drug-likeness (QED) is 0.781. The molecule has 1 aromatic rings. The Kier molecular flexibility index (Phi) is 6.82. The van der Waals surface area contributed by atoms with Crippen LogP contribution in [-0.4, -0.2) is 19.6 Å². The summed E-state index contributed by atoms with van der Waals surface area (Å²) < 4.78 is 18.3. The molecule has 0 saturated carbocycles. The highest BCUT2D eigenvalue weighted by Crippen LogP contribution is 2.19. The Hall–Kier alpha value is -1.42. The fourth-order valence-electron chi connectivity index (χ4n) is 2.57. The Morgan fingerprint density at radius 2 is 1.86 bits per heavy atom. The first-order valence-electron chi connectivity index (χ1n) is 7.44. The molecule has 0 aliphatic carbocycles. The van der Waals surface area contributed by atoms with Gasteiger partial charge in [0.25, 0.3) is 0 Å². The Labute approximate surface area is 126 Å². The molecule has 1 rings (SSSR count). The summed E-state index contributed by atoms with van der Waals surface area (Å²) >= 11 is 0. The number of ether oxygens (including phenoxy) is 1. The molecule has 0 unspecified atom stereocenters. The van der Waals surface area contributed by atoms with Crippen LogP contribution < -0.4 is 5.32 Å². The summed E-state index contributed by atoms with van der Waals surface area (Å²) in [4.78, 5) is 11.3. The number of benzene rings is 1. The number of hydrogen-bond acceptors (Lipinski definition) is 3. The predicted octanol–water partition coefficient (Wildman–Crippen LogP) is 3.63. The van der Waals surface area contributed by atoms with Gasteiger partial charge in [-0.1, -0.05) is 33.8 Å². The number of carbonyl (C=O) groups excluding carboxylic acids is 1. The largest absolute Gasteiger partial charge is 0.465 e. The molecule has 0 fully saturated rings. The molecule has 118 valence electrons. The summed E-state index contributed by atoms with van der Waals surface area (Å²) in [6.45, 7) is 10.4. The molecule has 0 heterocycles. The summed E-state index contributed by atoms with van der Waals surface area (Å²) in [7, 11) is 1.25. The number of nitrogens with one attached hydrogen (secondary N) is 1. The average molecular weight is 295 g/mol. The van der Waals surface area contributed by atoms with Crippen molar-refractivity contribution in [1.82, 2.24) is 5.32 Å². The third kappa shape index (κ3) is 5.12. The molecule has 0 atom stereocenters. The number of rotatable bonds is 7. The van der Waals surface area contributed by atoms with E-state index in [0.29, 0.717) is 24.3 Å². The van der Waals surface area contributed by atoms with Gasteiger partial charge in [0, 0.05) is 6.54 Å². The number of methoxy groups -OCH3 is 1. The van der Waals surface area contributed by atoms with E-state index in [9.17, 15) is 9.18 Å². The first-order valence-corrected chi connectivity index (χ1v) is 7.44. The molecule has 0 amide bonds. The van der Waals surface area contributed by atoms with Crippen LogP contribution >= 0.6 is 0 Å². The summed E-state index contributed by atoms with van der Waals surface area (Å²) in [5, 5.41) is 3.37. The van der Waals surface area contributed by atoms with Gasteiger partial charge in [0.2, 0.25) is 0 Å². The van der Waals surface area contributed by atoms with Crippen molar-refractivity contribution in [3.05, 3.63) is 35.1 Å². The van der Waals surface area contributed by atoms with Crippen molar-refractivity contribution < 1.29 is 13.9 Å². The first kappa shape index (κ1) is 17.6. The maximum Gasteiger partial charge on any atom is 0.340 e. The van der Waals surface area contributed by atoms with Crippen molar-refractivity contribution in [2.75, 3.05) is 13.7 Å². The van der Waals surface area contributed by atoms with Crippen LogP contribution in [0.3, 0.4) is 0 Å². The van der Waals surface area contributed by atoms with Crippen molar-refractivity contribution in [3.63, 3.8) is 0 Å². The van der Waals surface area contributed by atoms with Gasteiger partial charge in [-0.05, 0) is 42.0 Å². The van der Waals surface area contributed by atoms with Gasteiger partial charge in [-0.2, -0.15) is 0 Å². The minimum Gasteiger partial charge on any atom is -0.465 e. The number of esters is 1. The molecule has 0 bridgehead atoms. The van der Waals surface area contributed by atoms with Crippen LogP contribution in [0.4, 0.5) is 4.39 Å². The maximum absolute atomic E-state index is 13.8. The zero-order valence-electron chi connectivity index (χ0n) is 13.6. The lowest BCUT2D eigenvalue weighted by atomic mass is 9.85. The molecule has 0 aliphatic heterocycles. The van der Waals surface area contributed by atoms with Crippen LogP contribution in [0, 0.1) is 23.6 Å². The summed E-state index contributed by atoms with van der Waals surface area (Å²) in [6.07, 6.45) is 0. The van der Waals surface area contributed by atoms with Crippen molar-refractivity contribution >= 4 is 5.97 Å². The summed E-state index contributed by atoms with van der Waals surface area (Å²) in [5.74, 6) is 0.619. The van der Waals surface area contributed by atoms with Gasteiger partial charge in [0.15, 0.2) is 0 Å². The highest BCUT2D eigenvalue weighted by Gasteiger charge is 2.17. The smallest absolute Gasteiger partial charge is 0.340 e. The second-order valence-corrected chi connectivity index (χ2v) is 6.09. The van der Waals surface area contributed by atoms with Crippen LogP contribution in [-0.2, 0) is 11.3 Å². The van der Waals surface area contributed by atoms with E-state index in [-0.39, 0.29) is 5.56 Å². The topological polar surface area (TPSA) is 38.3 Å². The minimum absolute atomic E-state index is 0.0245. The van der Waals surface area contributed by atoms with E-state index in [0.717, 1.165) is 12.1 Å². The minimum atomic E-state index is -0.647. The monoisotopic (exact) mass is 295 g/mol. The zero-order chi connectivity index (χ0) is 16.0. The third-order valence-electron chi connectivity index (χ3n) is 3.86. The molecule has 1 N–H and O–H groups in total. The standard InChI is InChI=1S/C17H26FNO2/c1-11(2)15(12(3)4)10-19-9-13-6-7-14(16(18)8-13)17(20)21-5/h6-8,11-12,15,19H,9-10H2,1-5H3. The van der Waals surface area contributed by atoms with Gasteiger partial charge in [0.1, 0.15) is 5.82 Å². The number of hydrogen-bond donors (Lipinski definition) is 1. The van der Waals surface area contributed by atoms with E-state index in [1.165, 1.54) is 19.2 Å². The van der Waals surface area contributed by atoms with Gasteiger partial charge < -0.3 is 10.1 Å². The maximum atomic E-state index is 13.8. The van der Waals surface area contributed by atoms with E-state index in [1.54, 1.807) is 6.07 Å². The van der Waals surface area contributed by atoms with Crippen molar-refractivity contribution in [1.29, 1.82) is 0 Å². The molecular formula is C17H26FNO2. The van der Waals surface area contributed by atoms with Crippen LogP contribution in [0.25, 0.3) is 0 Å². The molecule has 0 radical (unpaired) electrons. The second-order valence-electron chi connectivity index (χ2n) is 6.09. The fraction of sp³-hybridized carbons (Fsp3) is 0.588. The van der Waals surface area contributed by atoms with Gasteiger partial charge in [0.05, 0.1) is 12.7 Å². The molecule has 0 saturated heterocycles. The van der Waals surface area contributed by atoms with E-state index in [1.807, 2.05) is 0 Å². The van der Waals surface area contributed by atoms with Crippen molar-refractivity contribution in [2.24, 2.45) is 17.8 Å². The number of halogens is 1. The first-order chi connectivity index (χ1) is 9.86. The fourth-order valence-corrected chi connectivity index (χ4v) is 2.57. The molecule has 4 heteroatoms. The summed E-state index contributed by atoms with van der Waals surface area (Å²) in [5.41, 5.74) is 0.801. The van der Waals surface area contributed by atoms with E-state index < -0.39 is 11.8 Å².